The summed E-state index contributed by atoms with van der Waals surface area (Å²) in [6, 6.07) is 14.8. The standard InChI is InChI=1S/C28H37FN4O4S/c1-28(20-24(28)21-11-13-23(29)14-12-21)30-15-7-6-10-25(31-26(34)22-8-4-3-5-9-22)27(35)32-16-18-33(19-17-32)38(2,36)37/h3-5,8-9,11-14,24-25,30H,6-7,10,15-20H2,1-2H3,(H,31,34)/t24-,25?,28+/m0/s1. The maximum atomic E-state index is 13.4. The number of carbonyl (C=O) groups is 2. The monoisotopic (exact) mass is 544 g/mol. The molecule has 1 unspecified atom stereocenters. The third-order valence-corrected chi connectivity index (χ3v) is 8.92. The number of nitrogens with one attached hydrogen (secondary N) is 2. The van der Waals surface area contributed by atoms with E-state index in [-0.39, 0.29) is 36.3 Å². The van der Waals surface area contributed by atoms with Crippen LogP contribution in [-0.2, 0) is 14.8 Å². The van der Waals surface area contributed by atoms with Gasteiger partial charge in [-0.15, -0.1) is 0 Å². The van der Waals surface area contributed by atoms with E-state index in [4.69, 9.17) is 0 Å². The van der Waals surface area contributed by atoms with E-state index in [1.165, 1.54) is 22.7 Å². The maximum absolute atomic E-state index is 13.4. The molecule has 0 aromatic heterocycles. The number of sulfonamides is 1. The Morgan fingerprint density at radius 1 is 1.03 bits per heavy atom. The molecule has 2 aromatic rings. The molecule has 2 fully saturated rings. The molecule has 2 amide bonds. The van der Waals surface area contributed by atoms with Crippen LogP contribution < -0.4 is 10.6 Å². The molecule has 206 valence electrons. The van der Waals surface area contributed by atoms with E-state index >= 15 is 0 Å². The van der Waals surface area contributed by atoms with Crippen LogP contribution in [0.25, 0.3) is 0 Å². The summed E-state index contributed by atoms with van der Waals surface area (Å²) in [7, 11) is -3.30. The van der Waals surface area contributed by atoms with Crippen molar-refractivity contribution in [1.82, 2.24) is 19.8 Å². The van der Waals surface area contributed by atoms with Crippen molar-refractivity contribution < 1.29 is 22.4 Å². The summed E-state index contributed by atoms with van der Waals surface area (Å²) in [6.45, 7) is 4.05. The summed E-state index contributed by atoms with van der Waals surface area (Å²) in [4.78, 5) is 27.9. The Hall–Kier alpha value is -2.82. The predicted molar refractivity (Wildman–Crippen MR) is 145 cm³/mol. The molecule has 1 heterocycles. The van der Waals surface area contributed by atoms with Crippen molar-refractivity contribution in [1.29, 1.82) is 0 Å². The molecule has 1 saturated heterocycles. The van der Waals surface area contributed by atoms with E-state index < -0.39 is 16.1 Å². The molecule has 1 saturated carbocycles. The van der Waals surface area contributed by atoms with Crippen LogP contribution in [0.4, 0.5) is 4.39 Å². The van der Waals surface area contributed by atoms with E-state index in [0.717, 1.165) is 31.4 Å². The van der Waals surface area contributed by atoms with Gasteiger partial charge in [-0.2, -0.15) is 4.31 Å². The molecule has 2 aromatic carbocycles. The molecule has 2 aliphatic rings. The third-order valence-electron chi connectivity index (χ3n) is 7.62. The molecule has 0 bridgehead atoms. The Labute approximate surface area is 224 Å². The summed E-state index contributed by atoms with van der Waals surface area (Å²) in [5.41, 5.74) is 1.60. The second kappa shape index (κ2) is 11.9. The van der Waals surface area contributed by atoms with E-state index in [1.807, 2.05) is 18.2 Å². The van der Waals surface area contributed by atoms with Gasteiger partial charge in [-0.1, -0.05) is 30.3 Å². The van der Waals surface area contributed by atoms with Gasteiger partial charge >= 0.3 is 0 Å². The van der Waals surface area contributed by atoms with Crippen molar-refractivity contribution in [3.8, 4) is 0 Å². The van der Waals surface area contributed by atoms with Crippen molar-refractivity contribution >= 4 is 21.8 Å². The van der Waals surface area contributed by atoms with Crippen LogP contribution in [0, 0.1) is 5.82 Å². The minimum absolute atomic E-state index is 0.0200. The van der Waals surface area contributed by atoms with E-state index in [9.17, 15) is 22.4 Å². The van der Waals surface area contributed by atoms with Crippen LogP contribution in [0.2, 0.25) is 0 Å². The Balaban J connectivity index is 1.29. The minimum Gasteiger partial charge on any atom is -0.340 e. The van der Waals surface area contributed by atoms with Gasteiger partial charge in [0.2, 0.25) is 15.9 Å². The third kappa shape index (κ3) is 7.18. The lowest BCUT2D eigenvalue weighted by Crippen LogP contribution is -2.55. The highest BCUT2D eigenvalue weighted by Gasteiger charge is 2.50. The van der Waals surface area contributed by atoms with Crippen LogP contribution in [0.3, 0.4) is 0 Å². The molecule has 3 atom stereocenters. The Bertz CT molecular complexity index is 1220. The number of hydrogen-bond acceptors (Lipinski definition) is 5. The molecular formula is C28H37FN4O4S. The first-order valence-corrected chi connectivity index (χ1v) is 15.0. The van der Waals surface area contributed by atoms with E-state index in [2.05, 4.69) is 17.6 Å². The van der Waals surface area contributed by atoms with Crippen molar-refractivity contribution in [3.63, 3.8) is 0 Å². The first kappa shape index (κ1) is 28.2. The summed E-state index contributed by atoms with van der Waals surface area (Å²) in [6.07, 6.45) is 4.22. The fourth-order valence-corrected chi connectivity index (χ4v) is 5.96. The zero-order valence-electron chi connectivity index (χ0n) is 22.0. The molecule has 10 heteroatoms. The van der Waals surface area contributed by atoms with E-state index in [1.54, 1.807) is 29.2 Å². The van der Waals surface area contributed by atoms with Crippen molar-refractivity contribution in [3.05, 3.63) is 71.5 Å². The van der Waals surface area contributed by atoms with Crippen molar-refractivity contribution in [2.45, 2.75) is 50.1 Å². The highest BCUT2D eigenvalue weighted by atomic mass is 32.2. The van der Waals surface area contributed by atoms with Crippen LogP contribution in [0.5, 0.6) is 0 Å². The van der Waals surface area contributed by atoms with Crippen LogP contribution >= 0.6 is 0 Å². The van der Waals surface area contributed by atoms with Gasteiger partial charge in [0.25, 0.3) is 5.91 Å². The highest BCUT2D eigenvalue weighted by molar-refractivity contribution is 7.88. The van der Waals surface area contributed by atoms with Crippen molar-refractivity contribution in [2.75, 3.05) is 39.0 Å². The number of rotatable bonds is 11. The normalized spacial score (nSPS) is 22.6. The van der Waals surface area contributed by atoms with Gasteiger partial charge in [0.1, 0.15) is 11.9 Å². The SMILES string of the molecule is C[C@@]1(NCCCCC(NC(=O)c2ccccc2)C(=O)N2CCN(S(C)(=O)=O)CC2)C[C@H]1c1ccc(F)cc1. The molecule has 2 N–H and O–H groups in total. The minimum atomic E-state index is -3.30. The average molecular weight is 545 g/mol. The van der Waals surface area contributed by atoms with Gasteiger partial charge < -0.3 is 15.5 Å². The maximum Gasteiger partial charge on any atom is 0.251 e. The largest absolute Gasteiger partial charge is 0.340 e. The van der Waals surface area contributed by atoms with Gasteiger partial charge in [-0.05, 0) is 69.0 Å². The summed E-state index contributed by atoms with van der Waals surface area (Å²) >= 11 is 0. The predicted octanol–water partition coefficient (Wildman–Crippen LogP) is 2.73. The number of carbonyl (C=O) groups excluding carboxylic acids is 2. The molecular weight excluding hydrogens is 507 g/mol. The lowest BCUT2D eigenvalue weighted by atomic mass is 10.1. The lowest BCUT2D eigenvalue weighted by molar-refractivity contribution is -0.134. The Morgan fingerprint density at radius 2 is 1.68 bits per heavy atom. The van der Waals surface area contributed by atoms with Crippen LogP contribution in [0.1, 0.15) is 54.4 Å². The molecule has 8 nitrogen and oxygen atoms in total. The number of nitrogens with zero attached hydrogens (tertiary/aromatic N) is 2. The van der Waals surface area contributed by atoms with Crippen LogP contribution in [0.15, 0.2) is 54.6 Å². The highest BCUT2D eigenvalue weighted by Crippen LogP contribution is 2.51. The topological polar surface area (TPSA) is 98.8 Å². The summed E-state index contributed by atoms with van der Waals surface area (Å²) < 4.78 is 38.3. The van der Waals surface area contributed by atoms with E-state index in [0.29, 0.717) is 31.0 Å². The zero-order chi connectivity index (χ0) is 27.3. The van der Waals surface area contributed by atoms with Gasteiger partial charge in [-0.3, -0.25) is 9.59 Å². The number of unbranched alkanes of at least 4 members (excludes halogenated alkanes) is 1. The molecule has 1 aliphatic carbocycles. The molecule has 1 aliphatic heterocycles. The summed E-state index contributed by atoms with van der Waals surface area (Å²) in [5, 5.41) is 6.52. The quantitative estimate of drug-likeness (QED) is 0.424. The zero-order valence-corrected chi connectivity index (χ0v) is 22.8. The number of piperazine rings is 1. The first-order valence-electron chi connectivity index (χ1n) is 13.2. The fourth-order valence-electron chi connectivity index (χ4n) is 5.14. The number of amides is 2. The molecule has 0 radical (unpaired) electrons. The Kier molecular flexibility index (Phi) is 8.85. The van der Waals surface area contributed by atoms with Gasteiger partial charge in [0.15, 0.2) is 0 Å². The molecule has 0 spiro atoms. The number of halogens is 1. The van der Waals surface area contributed by atoms with Gasteiger partial charge in [-0.25, -0.2) is 12.8 Å². The second-order valence-corrected chi connectivity index (χ2v) is 12.5. The summed E-state index contributed by atoms with van der Waals surface area (Å²) in [5.74, 6) is -0.358. The second-order valence-electron chi connectivity index (χ2n) is 10.5. The lowest BCUT2D eigenvalue weighted by Gasteiger charge is -2.35. The van der Waals surface area contributed by atoms with Crippen molar-refractivity contribution in [2.24, 2.45) is 0 Å². The Morgan fingerprint density at radius 3 is 2.32 bits per heavy atom. The number of hydrogen-bond donors (Lipinski definition) is 2. The molecule has 38 heavy (non-hydrogen) atoms. The average Bonchev–Trinajstić information content (AvgIpc) is 3.58. The van der Waals surface area contributed by atoms with Crippen LogP contribution in [-0.4, -0.2) is 80.0 Å². The molecule has 4 rings (SSSR count). The van der Waals surface area contributed by atoms with Gasteiger partial charge in [0, 0.05) is 43.2 Å². The number of benzene rings is 2. The fraction of sp³-hybridized carbons (Fsp3) is 0.500. The first-order chi connectivity index (χ1) is 18.1. The smallest absolute Gasteiger partial charge is 0.251 e. The van der Waals surface area contributed by atoms with Gasteiger partial charge in [0.05, 0.1) is 6.26 Å².